The molecule has 100 valence electrons. The van der Waals surface area contributed by atoms with Gasteiger partial charge in [-0.3, -0.25) is 4.79 Å². The number of amides is 1. The van der Waals surface area contributed by atoms with Crippen molar-refractivity contribution in [1.29, 1.82) is 0 Å². The van der Waals surface area contributed by atoms with Crippen LogP contribution in [0.5, 0.6) is 0 Å². The van der Waals surface area contributed by atoms with E-state index in [1.54, 1.807) is 25.1 Å². The summed E-state index contributed by atoms with van der Waals surface area (Å²) in [5.74, 6) is 0.889. The van der Waals surface area contributed by atoms with Gasteiger partial charge < -0.3 is 15.6 Å². The molecule has 0 saturated heterocycles. The lowest BCUT2D eigenvalue weighted by molar-refractivity contribution is 0.0952. The third-order valence-corrected chi connectivity index (χ3v) is 3.12. The van der Waals surface area contributed by atoms with Crippen molar-refractivity contribution in [2.75, 3.05) is 12.3 Å². The second-order valence-corrected chi connectivity index (χ2v) is 4.83. The molecule has 1 aromatic carbocycles. The number of carbonyl (C=O) groups is 1. The normalized spacial score (nSPS) is 10.4. The zero-order valence-electron chi connectivity index (χ0n) is 10.3. The lowest BCUT2D eigenvalue weighted by Crippen LogP contribution is -2.26. The number of nitrogen functional groups attached to an aromatic ring is 1. The third-order valence-electron chi connectivity index (χ3n) is 2.43. The van der Waals surface area contributed by atoms with E-state index in [2.05, 4.69) is 31.4 Å². The number of aromatic nitrogens is 2. The monoisotopic (exact) mass is 324 g/mol. The van der Waals surface area contributed by atoms with Crippen molar-refractivity contribution < 1.29 is 9.32 Å². The van der Waals surface area contributed by atoms with Crippen molar-refractivity contribution in [3.05, 3.63) is 40.0 Å². The average Bonchev–Trinajstić information content (AvgIpc) is 2.78. The molecule has 0 aliphatic heterocycles. The van der Waals surface area contributed by atoms with Gasteiger partial charge in [-0.15, -0.1) is 0 Å². The lowest BCUT2D eigenvalue weighted by Gasteiger charge is -2.06. The van der Waals surface area contributed by atoms with E-state index < -0.39 is 0 Å². The Morgan fingerprint density at radius 1 is 1.53 bits per heavy atom. The fourth-order valence-electron chi connectivity index (χ4n) is 1.54. The number of benzene rings is 1. The highest BCUT2D eigenvalue weighted by Gasteiger charge is 2.10. The summed E-state index contributed by atoms with van der Waals surface area (Å²) in [6, 6.07) is 5.09. The van der Waals surface area contributed by atoms with Gasteiger partial charge in [-0.2, -0.15) is 4.98 Å². The number of carbonyl (C=O) groups excluding carboxylic acids is 1. The van der Waals surface area contributed by atoms with E-state index in [0.29, 0.717) is 40.4 Å². The molecule has 2 aromatic rings. The molecule has 19 heavy (non-hydrogen) atoms. The van der Waals surface area contributed by atoms with Crippen LogP contribution in [-0.4, -0.2) is 22.6 Å². The summed E-state index contributed by atoms with van der Waals surface area (Å²) in [7, 11) is 0. The summed E-state index contributed by atoms with van der Waals surface area (Å²) in [6.07, 6.45) is 0.493. The SMILES string of the molecule is Cc1noc(CCNC(=O)c2cc(N)ccc2Br)n1. The van der Waals surface area contributed by atoms with Gasteiger partial charge in [0.15, 0.2) is 5.82 Å². The second kappa shape index (κ2) is 5.83. The van der Waals surface area contributed by atoms with Gasteiger partial charge in [0.2, 0.25) is 5.89 Å². The van der Waals surface area contributed by atoms with Crippen LogP contribution < -0.4 is 11.1 Å². The molecule has 0 atom stereocenters. The Morgan fingerprint density at radius 2 is 2.32 bits per heavy atom. The maximum Gasteiger partial charge on any atom is 0.252 e. The van der Waals surface area contributed by atoms with E-state index in [-0.39, 0.29) is 5.91 Å². The summed E-state index contributed by atoms with van der Waals surface area (Å²) >= 11 is 3.31. The molecule has 1 heterocycles. The number of anilines is 1. The molecule has 0 saturated carbocycles. The Labute approximate surface area is 118 Å². The van der Waals surface area contributed by atoms with E-state index in [9.17, 15) is 4.79 Å². The van der Waals surface area contributed by atoms with Gasteiger partial charge in [0.05, 0.1) is 5.56 Å². The van der Waals surface area contributed by atoms with E-state index in [1.165, 1.54) is 0 Å². The quantitative estimate of drug-likeness (QED) is 0.835. The Morgan fingerprint density at radius 3 is 3.00 bits per heavy atom. The molecule has 0 aliphatic carbocycles. The fourth-order valence-corrected chi connectivity index (χ4v) is 1.96. The van der Waals surface area contributed by atoms with Crippen LogP contribution >= 0.6 is 15.9 Å². The van der Waals surface area contributed by atoms with Gasteiger partial charge in [0.25, 0.3) is 5.91 Å². The molecule has 6 nitrogen and oxygen atoms in total. The van der Waals surface area contributed by atoms with Gasteiger partial charge in [0.1, 0.15) is 0 Å². The first-order valence-corrected chi connectivity index (χ1v) is 6.48. The van der Waals surface area contributed by atoms with Crippen molar-refractivity contribution in [2.45, 2.75) is 13.3 Å². The molecule has 0 unspecified atom stereocenters. The maximum atomic E-state index is 11.9. The molecular formula is C12H13BrN4O2. The molecule has 0 radical (unpaired) electrons. The number of hydrogen-bond acceptors (Lipinski definition) is 5. The van der Waals surface area contributed by atoms with Crippen LogP contribution in [0, 0.1) is 6.92 Å². The highest BCUT2D eigenvalue weighted by atomic mass is 79.9. The van der Waals surface area contributed by atoms with Crippen molar-refractivity contribution in [3.63, 3.8) is 0 Å². The first-order chi connectivity index (χ1) is 9.06. The smallest absolute Gasteiger partial charge is 0.252 e. The molecule has 1 aromatic heterocycles. The molecular weight excluding hydrogens is 312 g/mol. The van der Waals surface area contributed by atoms with E-state index >= 15 is 0 Å². The van der Waals surface area contributed by atoms with E-state index in [4.69, 9.17) is 10.3 Å². The first kappa shape index (κ1) is 13.5. The fraction of sp³-hybridized carbons (Fsp3) is 0.250. The zero-order chi connectivity index (χ0) is 13.8. The highest BCUT2D eigenvalue weighted by Crippen LogP contribution is 2.19. The Balaban J connectivity index is 1.92. The maximum absolute atomic E-state index is 11.9. The molecule has 3 N–H and O–H groups in total. The van der Waals surface area contributed by atoms with E-state index in [1.807, 2.05) is 0 Å². The first-order valence-electron chi connectivity index (χ1n) is 5.68. The number of hydrogen-bond donors (Lipinski definition) is 2. The number of rotatable bonds is 4. The lowest BCUT2D eigenvalue weighted by atomic mass is 10.2. The molecule has 0 fully saturated rings. The van der Waals surface area contributed by atoms with Gasteiger partial charge >= 0.3 is 0 Å². The van der Waals surface area contributed by atoms with Crippen molar-refractivity contribution in [2.24, 2.45) is 0 Å². The molecule has 0 bridgehead atoms. The molecule has 0 spiro atoms. The zero-order valence-corrected chi connectivity index (χ0v) is 11.9. The number of nitrogens with one attached hydrogen (secondary N) is 1. The summed E-state index contributed by atoms with van der Waals surface area (Å²) in [6.45, 7) is 2.16. The number of aryl methyl sites for hydroxylation is 1. The van der Waals surface area contributed by atoms with Crippen LogP contribution in [0.25, 0.3) is 0 Å². The van der Waals surface area contributed by atoms with Gasteiger partial charge in [-0.25, -0.2) is 0 Å². The molecule has 7 heteroatoms. The molecule has 2 rings (SSSR count). The van der Waals surface area contributed by atoms with Crippen LogP contribution in [0.2, 0.25) is 0 Å². The van der Waals surface area contributed by atoms with Gasteiger partial charge in [-0.1, -0.05) is 5.16 Å². The highest BCUT2D eigenvalue weighted by molar-refractivity contribution is 9.10. The van der Waals surface area contributed by atoms with Gasteiger partial charge in [0, 0.05) is 23.1 Å². The Kier molecular flexibility index (Phi) is 4.16. The third kappa shape index (κ3) is 3.54. The molecule has 0 aliphatic rings. The van der Waals surface area contributed by atoms with Crippen molar-refractivity contribution >= 4 is 27.5 Å². The summed E-state index contributed by atoms with van der Waals surface area (Å²) < 4.78 is 5.65. The van der Waals surface area contributed by atoms with Gasteiger partial charge in [-0.05, 0) is 41.1 Å². The van der Waals surface area contributed by atoms with Crippen molar-refractivity contribution in [3.8, 4) is 0 Å². The van der Waals surface area contributed by atoms with Crippen LogP contribution in [0.15, 0.2) is 27.2 Å². The number of nitrogens with zero attached hydrogens (tertiary/aromatic N) is 2. The van der Waals surface area contributed by atoms with Crippen molar-refractivity contribution in [1.82, 2.24) is 15.5 Å². The predicted molar refractivity (Wildman–Crippen MR) is 73.6 cm³/mol. The topological polar surface area (TPSA) is 94.0 Å². The van der Waals surface area contributed by atoms with Crippen LogP contribution in [0.3, 0.4) is 0 Å². The standard InChI is InChI=1S/C12H13BrN4O2/c1-7-16-11(19-17-7)4-5-15-12(18)9-6-8(14)2-3-10(9)13/h2-3,6H,4-5,14H2,1H3,(H,15,18). The van der Waals surface area contributed by atoms with Crippen LogP contribution in [0.4, 0.5) is 5.69 Å². The second-order valence-electron chi connectivity index (χ2n) is 3.98. The minimum Gasteiger partial charge on any atom is -0.399 e. The van der Waals surface area contributed by atoms with Crippen LogP contribution in [0.1, 0.15) is 22.1 Å². The number of halogens is 1. The number of nitrogens with two attached hydrogens (primary N) is 1. The average molecular weight is 325 g/mol. The Bertz CT molecular complexity index is 597. The largest absolute Gasteiger partial charge is 0.399 e. The summed E-state index contributed by atoms with van der Waals surface area (Å²) in [4.78, 5) is 16.0. The minimum atomic E-state index is -0.199. The van der Waals surface area contributed by atoms with Crippen LogP contribution in [-0.2, 0) is 6.42 Å². The summed E-state index contributed by atoms with van der Waals surface area (Å²) in [5, 5.41) is 6.45. The Hall–Kier alpha value is -1.89. The molecule has 1 amide bonds. The van der Waals surface area contributed by atoms with E-state index in [0.717, 1.165) is 0 Å². The minimum absolute atomic E-state index is 0.199. The predicted octanol–water partition coefficient (Wildman–Crippen LogP) is 1.70. The summed E-state index contributed by atoms with van der Waals surface area (Å²) in [5.41, 5.74) is 6.70.